The minimum absolute atomic E-state index is 0.342. The molecule has 2 fully saturated rings. The van der Waals surface area contributed by atoms with Gasteiger partial charge in [-0.25, -0.2) is 4.79 Å². The molecule has 0 saturated carbocycles. The van der Waals surface area contributed by atoms with E-state index < -0.39 is 22.8 Å². The Balaban J connectivity index is 1.62. The van der Waals surface area contributed by atoms with Gasteiger partial charge >= 0.3 is 5.97 Å². The normalized spacial score (nSPS) is 25.9. The first kappa shape index (κ1) is 19.3. The predicted molar refractivity (Wildman–Crippen MR) is 105 cm³/mol. The maximum absolute atomic E-state index is 12.4. The fraction of sp³-hybridized carbons (Fsp3) is 0.421. The Bertz CT molecular complexity index is 804. The summed E-state index contributed by atoms with van der Waals surface area (Å²) < 4.78 is -0.602. The fourth-order valence-electron chi connectivity index (χ4n) is 3.40. The third-order valence-electron chi connectivity index (χ3n) is 4.81. The number of hydrogen-bond donors (Lipinski definition) is 2. The molecule has 2 aliphatic heterocycles. The first-order chi connectivity index (χ1) is 12.6. The predicted octanol–water partition coefficient (Wildman–Crippen LogP) is 1.40. The molecule has 0 aromatic heterocycles. The van der Waals surface area contributed by atoms with Crippen molar-refractivity contribution < 1.29 is 19.5 Å². The summed E-state index contributed by atoms with van der Waals surface area (Å²) >= 11 is 1.41. The molecule has 27 heavy (non-hydrogen) atoms. The number of nitrogens with zero attached hydrogens (tertiary/aromatic N) is 2. The number of nitrogens with one attached hydrogen (secondary N) is 1. The van der Waals surface area contributed by atoms with Gasteiger partial charge in [-0.05, 0) is 37.6 Å². The van der Waals surface area contributed by atoms with Crippen molar-refractivity contribution in [1.29, 1.82) is 0 Å². The van der Waals surface area contributed by atoms with Crippen molar-refractivity contribution in [2.24, 2.45) is 0 Å². The summed E-state index contributed by atoms with van der Waals surface area (Å²) in [5, 5.41) is 11.8. The van der Waals surface area contributed by atoms with Crippen LogP contribution in [-0.4, -0.2) is 64.1 Å². The molecule has 144 valence electrons. The van der Waals surface area contributed by atoms with Gasteiger partial charge in [-0.3, -0.25) is 9.59 Å². The van der Waals surface area contributed by atoms with Crippen LogP contribution in [0.15, 0.2) is 30.3 Å². The van der Waals surface area contributed by atoms with Crippen LogP contribution >= 0.6 is 11.8 Å². The summed E-state index contributed by atoms with van der Waals surface area (Å²) in [5.74, 6) is -1.74. The Morgan fingerprint density at radius 3 is 2.44 bits per heavy atom. The number of carboxylic acid groups (broad SMARTS) is 1. The van der Waals surface area contributed by atoms with Crippen LogP contribution in [0.25, 0.3) is 6.08 Å². The molecule has 8 heteroatoms. The molecular weight excluding hydrogens is 366 g/mol. The Morgan fingerprint density at radius 2 is 1.89 bits per heavy atom. The molecule has 3 atom stereocenters. The summed E-state index contributed by atoms with van der Waals surface area (Å²) in [6, 6.07) is 6.15. The zero-order chi connectivity index (χ0) is 19.9. The van der Waals surface area contributed by atoms with Gasteiger partial charge in [-0.15, -0.1) is 11.8 Å². The van der Waals surface area contributed by atoms with E-state index in [1.54, 1.807) is 19.9 Å². The number of carboxylic acids is 1. The Kier molecular flexibility index (Phi) is 4.94. The van der Waals surface area contributed by atoms with Crippen LogP contribution in [0.1, 0.15) is 19.4 Å². The lowest BCUT2D eigenvalue weighted by Gasteiger charge is -2.43. The van der Waals surface area contributed by atoms with E-state index in [0.717, 1.165) is 11.3 Å². The van der Waals surface area contributed by atoms with Crippen molar-refractivity contribution in [3.05, 3.63) is 35.9 Å². The zero-order valence-electron chi connectivity index (χ0n) is 15.7. The molecule has 2 heterocycles. The molecule has 2 N–H and O–H groups in total. The number of hydrogen-bond acceptors (Lipinski definition) is 5. The van der Waals surface area contributed by atoms with Gasteiger partial charge in [0.05, 0.1) is 0 Å². The van der Waals surface area contributed by atoms with Crippen LogP contribution in [0.4, 0.5) is 5.69 Å². The van der Waals surface area contributed by atoms with Gasteiger partial charge in [0.15, 0.2) is 0 Å². The maximum atomic E-state index is 12.4. The van der Waals surface area contributed by atoms with Crippen molar-refractivity contribution in [3.63, 3.8) is 0 Å². The SMILES string of the molecule is CN(C)c1ccc(/C=C\C(=O)N[C@@H]2C(=O)N3[C@@H](C(=O)O)C(C)(C)S[C@@H]23)cc1. The van der Waals surface area contributed by atoms with Gasteiger partial charge in [-0.2, -0.15) is 0 Å². The van der Waals surface area contributed by atoms with Crippen LogP contribution in [0.5, 0.6) is 0 Å². The number of β-lactam (4-membered cyclic amide) rings is 1. The first-order valence-electron chi connectivity index (χ1n) is 8.60. The number of amides is 2. The largest absolute Gasteiger partial charge is 0.480 e. The van der Waals surface area contributed by atoms with Crippen molar-refractivity contribution in [1.82, 2.24) is 10.2 Å². The molecular formula is C19H23N3O4S. The molecule has 2 aliphatic rings. The number of benzene rings is 1. The lowest BCUT2D eigenvalue weighted by molar-refractivity contribution is -0.160. The highest BCUT2D eigenvalue weighted by Gasteiger charge is 2.64. The second-order valence-corrected chi connectivity index (χ2v) is 9.17. The van der Waals surface area contributed by atoms with E-state index in [-0.39, 0.29) is 17.2 Å². The van der Waals surface area contributed by atoms with Gasteiger partial charge in [-0.1, -0.05) is 12.1 Å². The van der Waals surface area contributed by atoms with E-state index in [1.807, 2.05) is 43.3 Å². The van der Waals surface area contributed by atoms with Crippen LogP contribution in [0.2, 0.25) is 0 Å². The Morgan fingerprint density at radius 1 is 1.26 bits per heavy atom. The number of carbonyl (C=O) groups excluding carboxylic acids is 2. The zero-order valence-corrected chi connectivity index (χ0v) is 16.5. The van der Waals surface area contributed by atoms with Crippen molar-refractivity contribution in [3.8, 4) is 0 Å². The molecule has 2 saturated heterocycles. The average Bonchev–Trinajstić information content (AvgIpc) is 2.86. The van der Waals surface area contributed by atoms with Crippen LogP contribution in [0.3, 0.4) is 0 Å². The van der Waals surface area contributed by atoms with Gasteiger partial charge in [0.2, 0.25) is 11.8 Å². The molecule has 2 amide bonds. The van der Waals surface area contributed by atoms with E-state index in [2.05, 4.69) is 5.32 Å². The van der Waals surface area contributed by atoms with Gasteiger partial charge in [0, 0.05) is 30.6 Å². The van der Waals surface area contributed by atoms with Gasteiger partial charge in [0.1, 0.15) is 17.5 Å². The molecule has 0 radical (unpaired) electrons. The smallest absolute Gasteiger partial charge is 0.327 e. The minimum atomic E-state index is -1.02. The summed E-state index contributed by atoms with van der Waals surface area (Å²) in [7, 11) is 3.91. The second kappa shape index (κ2) is 6.92. The lowest BCUT2D eigenvalue weighted by Crippen LogP contribution is -2.70. The monoisotopic (exact) mass is 389 g/mol. The number of fused-ring (bicyclic) bond motifs is 1. The summed E-state index contributed by atoms with van der Waals surface area (Å²) in [6.07, 6.45) is 3.07. The third-order valence-corrected chi connectivity index (χ3v) is 6.38. The third kappa shape index (κ3) is 3.53. The lowest BCUT2D eigenvalue weighted by atomic mass is 9.96. The Hall–Kier alpha value is -2.48. The number of thioether (sulfide) groups is 1. The second-order valence-electron chi connectivity index (χ2n) is 7.40. The summed E-state index contributed by atoms with van der Waals surface area (Å²) in [4.78, 5) is 39.4. The quantitative estimate of drug-likeness (QED) is 0.584. The number of aliphatic carboxylic acids is 1. The van der Waals surface area contributed by atoms with E-state index in [4.69, 9.17) is 0 Å². The van der Waals surface area contributed by atoms with Crippen LogP contribution < -0.4 is 10.2 Å². The molecule has 0 aliphatic carbocycles. The molecule has 7 nitrogen and oxygen atoms in total. The van der Waals surface area contributed by atoms with Crippen molar-refractivity contribution >= 4 is 41.3 Å². The maximum Gasteiger partial charge on any atom is 0.327 e. The molecule has 3 rings (SSSR count). The van der Waals surface area contributed by atoms with E-state index in [0.29, 0.717) is 0 Å². The molecule has 0 bridgehead atoms. The molecule has 0 spiro atoms. The minimum Gasteiger partial charge on any atom is -0.480 e. The topological polar surface area (TPSA) is 90.0 Å². The van der Waals surface area contributed by atoms with Crippen LogP contribution in [0, 0.1) is 0 Å². The highest BCUT2D eigenvalue weighted by atomic mass is 32.2. The van der Waals surface area contributed by atoms with E-state index in [1.165, 1.54) is 22.7 Å². The van der Waals surface area contributed by atoms with E-state index >= 15 is 0 Å². The highest BCUT2D eigenvalue weighted by Crippen LogP contribution is 2.50. The van der Waals surface area contributed by atoms with Crippen LogP contribution in [-0.2, 0) is 14.4 Å². The van der Waals surface area contributed by atoms with Gasteiger partial charge < -0.3 is 20.2 Å². The first-order valence-corrected chi connectivity index (χ1v) is 9.48. The number of carbonyl (C=O) groups is 3. The number of anilines is 1. The molecule has 0 unspecified atom stereocenters. The average molecular weight is 389 g/mol. The standard InChI is InChI=1S/C19H23N3O4S/c1-19(2)15(18(25)26)22-16(24)14(17(22)27-19)20-13(23)10-7-11-5-8-12(9-6-11)21(3)4/h5-10,14-15,17H,1-4H3,(H,20,23)(H,25,26)/b10-7-/t14-,15+,17+/m1/s1. The van der Waals surface area contributed by atoms with Crippen molar-refractivity contribution in [2.45, 2.75) is 36.1 Å². The highest BCUT2D eigenvalue weighted by molar-refractivity contribution is 8.01. The van der Waals surface area contributed by atoms with Gasteiger partial charge in [0.25, 0.3) is 0 Å². The summed E-state index contributed by atoms with van der Waals surface area (Å²) in [6.45, 7) is 3.61. The summed E-state index contributed by atoms with van der Waals surface area (Å²) in [5.41, 5.74) is 1.94. The fourth-order valence-corrected chi connectivity index (χ4v) is 5.03. The van der Waals surface area contributed by atoms with E-state index in [9.17, 15) is 19.5 Å². The molecule has 1 aromatic carbocycles. The van der Waals surface area contributed by atoms with Crippen molar-refractivity contribution in [2.75, 3.05) is 19.0 Å². The Labute approximate surface area is 162 Å². The molecule has 1 aromatic rings. The number of rotatable bonds is 5.